The maximum Gasteiger partial charge on any atom is 0.305 e. The van der Waals surface area contributed by atoms with Crippen LogP contribution >= 0.6 is 0 Å². The van der Waals surface area contributed by atoms with Gasteiger partial charge in [0.05, 0.1) is 12.5 Å². The molecule has 1 atom stereocenters. The highest BCUT2D eigenvalue weighted by atomic mass is 19.1. The first-order valence-corrected chi connectivity index (χ1v) is 7.11. The van der Waals surface area contributed by atoms with E-state index in [0.717, 1.165) is 0 Å². The molecular formula is C16H13FN4O3. The Morgan fingerprint density at radius 1 is 1.12 bits per heavy atom. The van der Waals surface area contributed by atoms with Crippen molar-refractivity contribution in [3.8, 4) is 0 Å². The molecule has 0 unspecified atom stereocenters. The number of aliphatic carboxylic acids is 1. The van der Waals surface area contributed by atoms with Crippen molar-refractivity contribution in [1.82, 2.24) is 20.7 Å². The maximum absolute atomic E-state index is 13.0. The molecule has 8 heteroatoms. The Labute approximate surface area is 135 Å². The predicted molar refractivity (Wildman–Crippen MR) is 82.7 cm³/mol. The molecular weight excluding hydrogens is 315 g/mol. The molecule has 0 fully saturated rings. The van der Waals surface area contributed by atoms with Crippen LogP contribution in [-0.4, -0.2) is 32.4 Å². The van der Waals surface area contributed by atoms with Crippen LogP contribution < -0.4 is 5.32 Å². The van der Waals surface area contributed by atoms with Gasteiger partial charge in [-0.2, -0.15) is 15.4 Å². The molecule has 0 saturated carbocycles. The molecule has 122 valence electrons. The molecule has 3 rings (SSSR count). The highest BCUT2D eigenvalue weighted by Gasteiger charge is 2.19. The molecule has 3 N–H and O–H groups in total. The summed E-state index contributed by atoms with van der Waals surface area (Å²) >= 11 is 0. The summed E-state index contributed by atoms with van der Waals surface area (Å²) in [6.45, 7) is 0. The van der Waals surface area contributed by atoms with Gasteiger partial charge in [0.15, 0.2) is 0 Å². The molecule has 0 aliphatic heterocycles. The van der Waals surface area contributed by atoms with E-state index in [1.54, 1.807) is 18.2 Å². The predicted octanol–water partition coefficient (Wildman–Crippen LogP) is 2.04. The van der Waals surface area contributed by atoms with Gasteiger partial charge >= 0.3 is 5.97 Å². The molecule has 7 nitrogen and oxygen atoms in total. The summed E-state index contributed by atoms with van der Waals surface area (Å²) in [6.07, 6.45) is -0.316. The molecule has 0 radical (unpaired) electrons. The van der Waals surface area contributed by atoms with Gasteiger partial charge in [0.25, 0.3) is 5.91 Å². The summed E-state index contributed by atoms with van der Waals surface area (Å²) in [5.74, 6) is -1.96. The van der Waals surface area contributed by atoms with Crippen LogP contribution in [0.5, 0.6) is 0 Å². The van der Waals surface area contributed by atoms with Crippen molar-refractivity contribution < 1.29 is 19.1 Å². The third kappa shape index (κ3) is 3.37. The van der Waals surface area contributed by atoms with Crippen molar-refractivity contribution in [3.63, 3.8) is 0 Å². The Hall–Kier alpha value is -3.29. The van der Waals surface area contributed by atoms with Crippen molar-refractivity contribution in [2.45, 2.75) is 12.5 Å². The fraction of sp³-hybridized carbons (Fsp3) is 0.125. The van der Waals surface area contributed by atoms with Crippen LogP contribution in [0.15, 0.2) is 42.5 Å². The van der Waals surface area contributed by atoms with Gasteiger partial charge in [-0.05, 0) is 35.9 Å². The summed E-state index contributed by atoms with van der Waals surface area (Å²) in [7, 11) is 0. The van der Waals surface area contributed by atoms with Crippen molar-refractivity contribution in [2.24, 2.45) is 0 Å². The van der Waals surface area contributed by atoms with E-state index in [-0.39, 0.29) is 6.42 Å². The molecule has 2 aromatic carbocycles. The van der Waals surface area contributed by atoms with Gasteiger partial charge in [-0.15, -0.1) is 0 Å². The SMILES string of the molecule is O=C(O)C[C@H](NC(=O)c1ccc2n[nH]nc2c1)c1ccc(F)cc1. The van der Waals surface area contributed by atoms with Crippen LogP contribution in [-0.2, 0) is 4.79 Å². The average molecular weight is 328 g/mol. The number of rotatable bonds is 5. The van der Waals surface area contributed by atoms with Crippen LogP contribution in [0.1, 0.15) is 28.4 Å². The molecule has 1 aromatic heterocycles. The van der Waals surface area contributed by atoms with Gasteiger partial charge in [0, 0.05) is 5.56 Å². The Kier molecular flexibility index (Phi) is 4.19. The van der Waals surface area contributed by atoms with Crippen LogP contribution in [0, 0.1) is 5.82 Å². The van der Waals surface area contributed by atoms with Crippen molar-refractivity contribution in [2.75, 3.05) is 0 Å². The number of H-pyrrole nitrogens is 1. The minimum absolute atomic E-state index is 0.316. The lowest BCUT2D eigenvalue weighted by molar-refractivity contribution is -0.137. The number of halogens is 1. The third-order valence-electron chi connectivity index (χ3n) is 3.53. The second kappa shape index (κ2) is 6.45. The number of carbonyl (C=O) groups excluding carboxylic acids is 1. The average Bonchev–Trinajstić information content (AvgIpc) is 3.02. The van der Waals surface area contributed by atoms with Gasteiger partial charge < -0.3 is 10.4 Å². The van der Waals surface area contributed by atoms with Gasteiger partial charge in [-0.25, -0.2) is 4.39 Å². The Morgan fingerprint density at radius 3 is 2.54 bits per heavy atom. The molecule has 24 heavy (non-hydrogen) atoms. The summed E-state index contributed by atoms with van der Waals surface area (Å²) < 4.78 is 13.0. The molecule has 3 aromatic rings. The number of nitrogens with one attached hydrogen (secondary N) is 2. The molecule has 1 amide bonds. The quantitative estimate of drug-likeness (QED) is 0.664. The molecule has 0 saturated heterocycles. The second-order valence-electron chi connectivity index (χ2n) is 5.20. The first kappa shape index (κ1) is 15.6. The molecule has 0 spiro atoms. The van der Waals surface area contributed by atoms with Gasteiger partial charge in [0.1, 0.15) is 16.9 Å². The van der Waals surface area contributed by atoms with E-state index in [0.29, 0.717) is 22.2 Å². The first-order valence-electron chi connectivity index (χ1n) is 7.11. The van der Waals surface area contributed by atoms with E-state index in [9.17, 15) is 14.0 Å². The smallest absolute Gasteiger partial charge is 0.305 e. The number of hydrogen-bond donors (Lipinski definition) is 3. The summed E-state index contributed by atoms with van der Waals surface area (Å²) in [6, 6.07) is 9.32. The summed E-state index contributed by atoms with van der Waals surface area (Å²) in [5.41, 5.74) is 1.98. The largest absolute Gasteiger partial charge is 0.481 e. The van der Waals surface area contributed by atoms with E-state index in [4.69, 9.17) is 5.11 Å². The van der Waals surface area contributed by atoms with Crippen LogP contribution in [0.3, 0.4) is 0 Å². The standard InChI is InChI=1S/C16H13FN4O3/c17-11-4-1-9(2-5-11)13(8-15(22)23)18-16(24)10-3-6-12-14(7-10)20-21-19-12/h1-7,13H,8H2,(H,18,24)(H,22,23)(H,19,20,21)/t13-/m0/s1. The highest BCUT2D eigenvalue weighted by Crippen LogP contribution is 2.19. The lowest BCUT2D eigenvalue weighted by Crippen LogP contribution is -2.30. The van der Waals surface area contributed by atoms with E-state index >= 15 is 0 Å². The third-order valence-corrected chi connectivity index (χ3v) is 3.53. The number of carboxylic acids is 1. The number of carbonyl (C=O) groups is 2. The minimum atomic E-state index is -1.07. The first-order chi connectivity index (χ1) is 11.5. The monoisotopic (exact) mass is 328 g/mol. The molecule has 1 heterocycles. The van der Waals surface area contributed by atoms with E-state index < -0.39 is 23.7 Å². The zero-order valence-electron chi connectivity index (χ0n) is 12.4. The normalized spacial score (nSPS) is 12.0. The fourth-order valence-electron chi connectivity index (χ4n) is 2.35. The van der Waals surface area contributed by atoms with Crippen molar-refractivity contribution >= 4 is 22.9 Å². The minimum Gasteiger partial charge on any atom is -0.481 e. The summed E-state index contributed by atoms with van der Waals surface area (Å²) in [4.78, 5) is 23.5. The van der Waals surface area contributed by atoms with E-state index in [1.807, 2.05) is 0 Å². The Bertz CT molecular complexity index is 892. The number of benzene rings is 2. The highest BCUT2D eigenvalue weighted by molar-refractivity contribution is 5.97. The van der Waals surface area contributed by atoms with Crippen LogP contribution in [0.25, 0.3) is 11.0 Å². The zero-order valence-corrected chi connectivity index (χ0v) is 12.4. The van der Waals surface area contributed by atoms with Crippen molar-refractivity contribution in [3.05, 3.63) is 59.4 Å². The van der Waals surface area contributed by atoms with Gasteiger partial charge in [-0.1, -0.05) is 12.1 Å². The second-order valence-corrected chi connectivity index (χ2v) is 5.20. The zero-order chi connectivity index (χ0) is 17.1. The summed E-state index contributed by atoms with van der Waals surface area (Å²) in [5, 5.41) is 22.0. The fourth-order valence-corrected chi connectivity index (χ4v) is 2.35. The number of carboxylic acid groups (broad SMARTS) is 1. The molecule has 0 bridgehead atoms. The Balaban J connectivity index is 1.84. The van der Waals surface area contributed by atoms with E-state index in [1.165, 1.54) is 24.3 Å². The lowest BCUT2D eigenvalue weighted by Gasteiger charge is -2.17. The maximum atomic E-state index is 13.0. The number of aromatic amines is 1. The Morgan fingerprint density at radius 2 is 1.83 bits per heavy atom. The molecule has 0 aliphatic rings. The number of amides is 1. The number of fused-ring (bicyclic) bond motifs is 1. The van der Waals surface area contributed by atoms with Gasteiger partial charge in [0.2, 0.25) is 0 Å². The number of hydrogen-bond acceptors (Lipinski definition) is 4. The topological polar surface area (TPSA) is 108 Å². The lowest BCUT2D eigenvalue weighted by atomic mass is 10.0. The van der Waals surface area contributed by atoms with Gasteiger partial charge in [-0.3, -0.25) is 9.59 Å². The van der Waals surface area contributed by atoms with Crippen molar-refractivity contribution in [1.29, 1.82) is 0 Å². The molecule has 0 aliphatic carbocycles. The number of aromatic nitrogens is 3. The van der Waals surface area contributed by atoms with E-state index in [2.05, 4.69) is 20.7 Å². The van der Waals surface area contributed by atoms with Crippen LogP contribution in [0.4, 0.5) is 4.39 Å². The van der Waals surface area contributed by atoms with Crippen LogP contribution in [0.2, 0.25) is 0 Å². The number of nitrogens with zero attached hydrogens (tertiary/aromatic N) is 2.